The normalized spacial score (nSPS) is 8.75. The van der Waals surface area contributed by atoms with E-state index >= 15 is 0 Å². The Morgan fingerprint density at radius 3 is 1.25 bits per heavy atom. The summed E-state index contributed by atoms with van der Waals surface area (Å²) < 4.78 is 53.7. The van der Waals surface area contributed by atoms with Gasteiger partial charge < -0.3 is 13.0 Å². The van der Waals surface area contributed by atoms with E-state index in [1.165, 1.54) is 0 Å². The van der Waals surface area contributed by atoms with E-state index in [0.717, 1.165) is 0 Å². The summed E-state index contributed by atoms with van der Waals surface area (Å²) in [6.07, 6.45) is 0. The van der Waals surface area contributed by atoms with Gasteiger partial charge in [-0.05, 0) is 0 Å². The van der Waals surface area contributed by atoms with Crippen LogP contribution < -0.4 is 0 Å². The molecular weight excluding hydrogens is 259 g/mol. The molecule has 0 amide bonds. The summed E-state index contributed by atoms with van der Waals surface area (Å²) >= 11 is -5.04. The number of rotatable bonds is 0. The average Bonchev–Trinajstić information content (AvgIpc) is 1.25. The second kappa shape index (κ2) is 7.52. The van der Waals surface area contributed by atoms with Crippen molar-refractivity contribution in [3.63, 3.8) is 0 Å². The van der Waals surface area contributed by atoms with E-state index in [4.69, 9.17) is 13.0 Å². The zero-order valence-electron chi connectivity index (χ0n) is 3.31. The van der Waals surface area contributed by atoms with Gasteiger partial charge in [-0.3, -0.25) is 0 Å². The molecule has 52 valence electrons. The van der Waals surface area contributed by atoms with Crippen molar-refractivity contribution in [2.75, 3.05) is 0 Å². The van der Waals surface area contributed by atoms with E-state index < -0.39 is 32.9 Å². The minimum atomic E-state index is -5.04. The van der Waals surface area contributed by atoms with E-state index in [9.17, 15) is 8.44 Å². The molecule has 0 aromatic heterocycles. The standard InChI is InChI=1S/3FH.HO3S.Sb.H/c;;;1-4(2)3;;/h3*1H;(H,1,2,3);;/q;;;-1;+4;/p-3. The van der Waals surface area contributed by atoms with Crippen LogP contribution in [0.4, 0.5) is 8.44 Å². The molecule has 0 aromatic rings. The van der Waals surface area contributed by atoms with Gasteiger partial charge in [0.25, 0.3) is 0 Å². The van der Waals surface area contributed by atoms with Crippen LogP contribution >= 0.6 is 0 Å². The van der Waals surface area contributed by atoms with Crippen molar-refractivity contribution in [3.8, 4) is 0 Å². The van der Waals surface area contributed by atoms with Crippen molar-refractivity contribution in [3.05, 3.63) is 0 Å². The Balaban J connectivity index is 0. The molecule has 0 radical (unpaired) electrons. The van der Waals surface area contributed by atoms with Crippen LogP contribution in [-0.4, -0.2) is 26.5 Å². The van der Waals surface area contributed by atoms with E-state index in [2.05, 4.69) is 0 Å². The van der Waals surface area contributed by atoms with E-state index in [-0.39, 0.29) is 0 Å². The molecule has 8 heavy (non-hydrogen) atoms. The summed E-state index contributed by atoms with van der Waals surface area (Å²) in [5.74, 6) is 0. The summed E-state index contributed by atoms with van der Waals surface area (Å²) in [5, 5.41) is 0. The third-order valence-electron chi connectivity index (χ3n) is 0. The molecule has 0 atom stereocenters. The first-order valence-corrected chi connectivity index (χ1v) is 5.35. The molecule has 0 aliphatic heterocycles. The molecule has 3 nitrogen and oxygen atoms in total. The quantitative estimate of drug-likeness (QED) is 0.297. The molecule has 0 saturated heterocycles. The van der Waals surface area contributed by atoms with Gasteiger partial charge >= 0.3 is 30.4 Å². The van der Waals surface area contributed by atoms with Crippen molar-refractivity contribution in [2.45, 2.75) is 0 Å². The molecule has 1 N–H and O–H groups in total. The van der Waals surface area contributed by atoms with Crippen LogP contribution in [0.5, 0.6) is 0 Å². The molecule has 0 aromatic carbocycles. The minimum absolute atomic E-state index is 2.86. The Bertz CT molecular complexity index is 87.9. The molecular formula is H2F3O3SSb. The van der Waals surface area contributed by atoms with Gasteiger partial charge in [-0.2, -0.15) is 0 Å². The van der Waals surface area contributed by atoms with Crippen LogP contribution in [0.15, 0.2) is 0 Å². The fraction of sp³-hybridized carbons (Fsp3) is 0. The fourth-order valence-corrected chi connectivity index (χ4v) is 0. The summed E-state index contributed by atoms with van der Waals surface area (Å²) in [7, 11) is -2.86. The van der Waals surface area contributed by atoms with E-state index in [1.54, 1.807) is 0 Å². The molecule has 0 unspecified atom stereocenters. The van der Waals surface area contributed by atoms with Crippen LogP contribution in [-0.2, 0) is 19.4 Å². The Kier molecular flexibility index (Phi) is 10.6. The summed E-state index contributed by atoms with van der Waals surface area (Å²) in [5.41, 5.74) is 0. The van der Waals surface area contributed by atoms with E-state index in [0.29, 0.717) is 0 Å². The molecule has 0 fully saturated rings. The summed E-state index contributed by atoms with van der Waals surface area (Å²) in [6, 6.07) is 0. The van der Waals surface area contributed by atoms with Crippen molar-refractivity contribution >= 4 is 32.9 Å². The molecule has 0 saturated carbocycles. The first-order valence-electron chi connectivity index (χ1n) is 1.08. The van der Waals surface area contributed by atoms with Crippen LogP contribution in [0.2, 0.25) is 0 Å². The van der Waals surface area contributed by atoms with Gasteiger partial charge in [0.15, 0.2) is 0 Å². The molecule has 0 bridgehead atoms. The summed E-state index contributed by atoms with van der Waals surface area (Å²) in [4.78, 5) is 0. The zero-order chi connectivity index (χ0) is 7.15. The fourth-order valence-electron chi connectivity index (χ4n) is 0. The molecule has 8 heteroatoms. The SMILES string of the molecule is O=[S-](=O)O.[F][SbH+]([F])[F]. The van der Waals surface area contributed by atoms with Crippen LogP contribution in [0.1, 0.15) is 0 Å². The molecule has 0 spiro atoms. The van der Waals surface area contributed by atoms with Crippen molar-refractivity contribution in [1.82, 2.24) is 0 Å². The molecule has 0 heterocycles. The molecule has 0 rings (SSSR count). The summed E-state index contributed by atoms with van der Waals surface area (Å²) in [6.45, 7) is 0. The van der Waals surface area contributed by atoms with Gasteiger partial charge in [-0.25, -0.2) is 0 Å². The number of hydrogen-bond acceptors (Lipinski definition) is 3. The van der Waals surface area contributed by atoms with Crippen LogP contribution in [0, 0.1) is 0 Å². The topological polar surface area (TPSA) is 54.4 Å². The third-order valence-corrected chi connectivity index (χ3v) is 0. The predicted molar refractivity (Wildman–Crippen MR) is 21.8 cm³/mol. The molecule has 0 aliphatic carbocycles. The average molecular weight is 261 g/mol. The maximum absolute atomic E-state index is 9.86. The van der Waals surface area contributed by atoms with Crippen LogP contribution in [0.25, 0.3) is 0 Å². The Labute approximate surface area is 54.6 Å². The first kappa shape index (κ1) is 11.3. The van der Waals surface area contributed by atoms with Gasteiger partial charge in [0.05, 0.1) is 0 Å². The zero-order valence-corrected chi connectivity index (χ0v) is 6.98. The van der Waals surface area contributed by atoms with Gasteiger partial charge in [0.2, 0.25) is 0 Å². The van der Waals surface area contributed by atoms with Crippen molar-refractivity contribution < 1.29 is 21.4 Å². The number of halogens is 3. The predicted octanol–water partition coefficient (Wildman–Crippen LogP) is 0.381. The van der Waals surface area contributed by atoms with E-state index in [1.807, 2.05) is 0 Å². The first-order chi connectivity index (χ1) is 3.46. The number of hydrogen-bond donors (Lipinski definition) is 1. The van der Waals surface area contributed by atoms with Crippen LogP contribution in [0.3, 0.4) is 0 Å². The second-order valence-corrected chi connectivity index (χ2v) is 2.09. The van der Waals surface area contributed by atoms with Crippen molar-refractivity contribution in [2.24, 2.45) is 0 Å². The monoisotopic (exact) mass is 260 g/mol. The second-order valence-electron chi connectivity index (χ2n) is 0.431. The third kappa shape index (κ3) is 739. The maximum atomic E-state index is 9.86. The van der Waals surface area contributed by atoms with Crippen molar-refractivity contribution in [1.29, 1.82) is 0 Å². The van der Waals surface area contributed by atoms with Gasteiger partial charge in [0, 0.05) is 11.0 Å². The van der Waals surface area contributed by atoms with Gasteiger partial charge in [0.1, 0.15) is 0 Å². The molecule has 0 aliphatic rings. The Hall–Kier alpha value is 0.518. The van der Waals surface area contributed by atoms with Gasteiger partial charge in [-0.15, -0.1) is 0 Å². The Morgan fingerprint density at radius 2 is 1.25 bits per heavy atom. The Morgan fingerprint density at radius 1 is 1.25 bits per heavy atom. The van der Waals surface area contributed by atoms with Gasteiger partial charge in [-0.1, -0.05) is 0 Å².